The number of ether oxygens (including phenoxy) is 1. The Bertz CT molecular complexity index is 1050. The second kappa shape index (κ2) is 7.83. The predicted molar refractivity (Wildman–Crippen MR) is 113 cm³/mol. The molecule has 0 saturated carbocycles. The lowest BCUT2D eigenvalue weighted by molar-refractivity contribution is -0.197. The third-order valence-electron chi connectivity index (χ3n) is 6.49. The van der Waals surface area contributed by atoms with Crippen molar-refractivity contribution in [1.29, 1.82) is 0 Å². The number of hydrogen-bond donors (Lipinski definition) is 5. The summed E-state index contributed by atoms with van der Waals surface area (Å²) in [5, 5.41) is 20.3. The standard InChI is InChI=1S/C19H28N8O5/c1-18(31)8-19(2-4-26(5-3-19)12(28)6-10(20)16(29)30)32-7-11(18)27-9-23-13-14(21)24-17(22)25-15(13)27/h9-11,31H,2-8,20H2,1H3,(H,29,30)(H4,21,22,24,25)/t10-,11+,18+/m0/s1. The number of likely N-dealkylation sites (tertiary alicyclic amines) is 1. The van der Waals surface area contributed by atoms with Crippen LogP contribution in [0.2, 0.25) is 0 Å². The van der Waals surface area contributed by atoms with Gasteiger partial charge in [0.15, 0.2) is 11.5 Å². The number of imidazole rings is 1. The minimum atomic E-state index is -1.22. The van der Waals surface area contributed by atoms with E-state index < -0.39 is 29.3 Å². The molecule has 2 aromatic rings. The van der Waals surface area contributed by atoms with Crippen molar-refractivity contribution in [1.82, 2.24) is 24.4 Å². The Kier molecular flexibility index (Phi) is 5.43. The van der Waals surface area contributed by atoms with E-state index in [1.807, 2.05) is 0 Å². The predicted octanol–water partition coefficient (Wildman–Crippen LogP) is -1.13. The summed E-state index contributed by atoms with van der Waals surface area (Å²) in [5.41, 5.74) is 16.2. The average molecular weight is 448 g/mol. The molecular weight excluding hydrogens is 420 g/mol. The fourth-order valence-electron chi connectivity index (χ4n) is 4.71. The van der Waals surface area contributed by atoms with Crippen LogP contribution >= 0.6 is 0 Å². The molecule has 2 fully saturated rings. The molecule has 8 N–H and O–H groups in total. The number of anilines is 2. The third kappa shape index (κ3) is 3.94. The van der Waals surface area contributed by atoms with Crippen LogP contribution < -0.4 is 17.2 Å². The van der Waals surface area contributed by atoms with Gasteiger partial charge in [-0.2, -0.15) is 9.97 Å². The Hall–Kier alpha value is -3.03. The summed E-state index contributed by atoms with van der Waals surface area (Å²) in [6.07, 6.45) is 2.69. The number of aliphatic carboxylic acids is 1. The highest BCUT2D eigenvalue weighted by atomic mass is 16.5. The third-order valence-corrected chi connectivity index (χ3v) is 6.49. The summed E-state index contributed by atoms with van der Waals surface area (Å²) in [6, 6.07) is -1.69. The van der Waals surface area contributed by atoms with Gasteiger partial charge in [0, 0.05) is 19.5 Å². The molecule has 32 heavy (non-hydrogen) atoms. The second-order valence-electron chi connectivity index (χ2n) is 8.86. The van der Waals surface area contributed by atoms with Gasteiger partial charge in [0.1, 0.15) is 11.6 Å². The number of nitrogens with zero attached hydrogens (tertiary/aromatic N) is 5. The largest absolute Gasteiger partial charge is 0.480 e. The highest BCUT2D eigenvalue weighted by molar-refractivity contribution is 5.84. The zero-order valence-electron chi connectivity index (χ0n) is 17.8. The van der Waals surface area contributed by atoms with Crippen LogP contribution in [-0.4, -0.2) is 83.4 Å². The topological polar surface area (TPSA) is 209 Å². The molecule has 0 unspecified atom stereocenters. The van der Waals surface area contributed by atoms with E-state index in [-0.39, 0.29) is 30.7 Å². The van der Waals surface area contributed by atoms with Gasteiger partial charge in [-0.3, -0.25) is 9.59 Å². The molecule has 0 radical (unpaired) electrons. The molecule has 4 heterocycles. The number of aromatic nitrogens is 4. The molecule has 13 heteroatoms. The molecular formula is C19H28N8O5. The van der Waals surface area contributed by atoms with Crippen LogP contribution in [0.15, 0.2) is 6.33 Å². The van der Waals surface area contributed by atoms with Crippen LogP contribution in [0.5, 0.6) is 0 Å². The van der Waals surface area contributed by atoms with E-state index in [9.17, 15) is 14.7 Å². The minimum Gasteiger partial charge on any atom is -0.480 e. The van der Waals surface area contributed by atoms with Gasteiger partial charge in [0.25, 0.3) is 0 Å². The summed E-state index contributed by atoms with van der Waals surface area (Å²) in [6.45, 7) is 2.76. The highest BCUT2D eigenvalue weighted by Gasteiger charge is 2.50. The maximum Gasteiger partial charge on any atom is 0.321 e. The Balaban J connectivity index is 1.46. The number of amides is 1. The number of carbonyl (C=O) groups is 2. The fourth-order valence-corrected chi connectivity index (χ4v) is 4.71. The van der Waals surface area contributed by atoms with Crippen LogP contribution in [-0.2, 0) is 14.3 Å². The quantitative estimate of drug-likeness (QED) is 0.377. The molecule has 1 spiro atoms. The smallest absolute Gasteiger partial charge is 0.321 e. The van der Waals surface area contributed by atoms with Crippen LogP contribution in [0, 0.1) is 0 Å². The van der Waals surface area contributed by atoms with Gasteiger partial charge < -0.3 is 41.6 Å². The molecule has 2 aromatic heterocycles. The van der Waals surface area contributed by atoms with Crippen LogP contribution in [0.1, 0.15) is 38.6 Å². The van der Waals surface area contributed by atoms with Gasteiger partial charge in [-0.15, -0.1) is 0 Å². The summed E-state index contributed by atoms with van der Waals surface area (Å²) < 4.78 is 7.97. The number of fused-ring (bicyclic) bond motifs is 1. The SMILES string of the molecule is C[C@@]1(O)CC2(CCN(C(=O)C[C@H](N)C(=O)O)CC2)OC[C@H]1n1cnc2c(N)nc(N)nc21. The van der Waals surface area contributed by atoms with Crippen molar-refractivity contribution in [3.8, 4) is 0 Å². The second-order valence-corrected chi connectivity index (χ2v) is 8.86. The molecule has 13 nitrogen and oxygen atoms in total. The van der Waals surface area contributed by atoms with E-state index in [0.29, 0.717) is 43.5 Å². The molecule has 174 valence electrons. The van der Waals surface area contributed by atoms with Crippen molar-refractivity contribution in [2.45, 2.75) is 55.9 Å². The number of hydrogen-bond acceptors (Lipinski definition) is 10. The summed E-state index contributed by atoms with van der Waals surface area (Å²) in [7, 11) is 0. The summed E-state index contributed by atoms with van der Waals surface area (Å²) in [4.78, 5) is 37.3. The van der Waals surface area contributed by atoms with Gasteiger partial charge >= 0.3 is 5.97 Å². The maximum atomic E-state index is 12.3. The van der Waals surface area contributed by atoms with Crippen molar-refractivity contribution in [2.24, 2.45) is 5.73 Å². The van der Waals surface area contributed by atoms with Crippen LogP contribution in [0.3, 0.4) is 0 Å². The zero-order chi connectivity index (χ0) is 23.3. The maximum absolute atomic E-state index is 12.3. The first kappa shape index (κ1) is 22.2. The van der Waals surface area contributed by atoms with Crippen LogP contribution in [0.4, 0.5) is 11.8 Å². The van der Waals surface area contributed by atoms with Gasteiger partial charge in [0.05, 0.1) is 36.6 Å². The molecule has 4 rings (SSSR count). The van der Waals surface area contributed by atoms with Crippen molar-refractivity contribution in [3.63, 3.8) is 0 Å². The number of carboxylic acid groups (broad SMARTS) is 1. The van der Waals surface area contributed by atoms with E-state index in [1.165, 1.54) is 0 Å². The van der Waals surface area contributed by atoms with E-state index in [4.69, 9.17) is 27.0 Å². The van der Waals surface area contributed by atoms with Crippen molar-refractivity contribution >= 4 is 34.8 Å². The molecule has 3 atom stereocenters. The fraction of sp³-hybridized carbons (Fsp3) is 0.632. The number of rotatable bonds is 4. The first-order valence-electron chi connectivity index (χ1n) is 10.4. The van der Waals surface area contributed by atoms with E-state index in [2.05, 4.69) is 15.0 Å². The number of aliphatic hydroxyl groups is 1. The Morgan fingerprint density at radius 1 is 1.31 bits per heavy atom. The average Bonchev–Trinajstić information content (AvgIpc) is 3.11. The number of nitrogens with two attached hydrogens (primary N) is 3. The van der Waals surface area contributed by atoms with Crippen molar-refractivity contribution in [3.05, 3.63) is 6.33 Å². The first-order chi connectivity index (χ1) is 15.0. The Morgan fingerprint density at radius 3 is 2.62 bits per heavy atom. The van der Waals surface area contributed by atoms with Gasteiger partial charge in [-0.05, 0) is 19.8 Å². The Labute approximate surface area is 183 Å². The van der Waals surface area contributed by atoms with E-state index in [0.717, 1.165) is 0 Å². The lowest BCUT2D eigenvalue weighted by atomic mass is 9.75. The summed E-state index contributed by atoms with van der Waals surface area (Å²) >= 11 is 0. The molecule has 2 aliphatic heterocycles. The van der Waals surface area contributed by atoms with Gasteiger partial charge in [0.2, 0.25) is 11.9 Å². The number of piperidine rings is 1. The van der Waals surface area contributed by atoms with Crippen molar-refractivity contribution < 1.29 is 24.5 Å². The Morgan fingerprint density at radius 2 is 2.00 bits per heavy atom. The molecule has 0 bridgehead atoms. The van der Waals surface area contributed by atoms with Crippen LogP contribution in [0.25, 0.3) is 11.2 Å². The molecule has 0 aliphatic carbocycles. The van der Waals surface area contributed by atoms with Crippen molar-refractivity contribution in [2.75, 3.05) is 31.2 Å². The molecule has 1 amide bonds. The lowest BCUT2D eigenvalue weighted by Gasteiger charge is -2.51. The molecule has 2 saturated heterocycles. The van der Waals surface area contributed by atoms with E-state index in [1.54, 1.807) is 22.7 Å². The normalized spacial score (nSPS) is 26.3. The first-order valence-corrected chi connectivity index (χ1v) is 10.4. The monoisotopic (exact) mass is 448 g/mol. The summed E-state index contributed by atoms with van der Waals surface area (Å²) in [5.74, 6) is -1.32. The van der Waals surface area contributed by atoms with Gasteiger partial charge in [-0.25, -0.2) is 4.98 Å². The number of nitrogen functional groups attached to an aromatic ring is 2. The van der Waals surface area contributed by atoms with E-state index >= 15 is 0 Å². The zero-order valence-corrected chi connectivity index (χ0v) is 17.8. The number of carboxylic acids is 1. The lowest BCUT2D eigenvalue weighted by Crippen LogP contribution is -2.58. The highest BCUT2D eigenvalue weighted by Crippen LogP contribution is 2.44. The molecule has 0 aromatic carbocycles. The molecule has 2 aliphatic rings. The van der Waals surface area contributed by atoms with Gasteiger partial charge in [-0.1, -0.05) is 0 Å². The number of carbonyl (C=O) groups excluding carboxylic acids is 1. The minimum absolute atomic E-state index is 0.0178.